The number of halogens is 3. The van der Waals surface area contributed by atoms with Crippen LogP contribution in [0.2, 0.25) is 15.2 Å². The quantitative estimate of drug-likeness (QED) is 0.531. The molecule has 0 atom stereocenters. The first-order valence-corrected chi connectivity index (χ1v) is 7.43. The van der Waals surface area contributed by atoms with Gasteiger partial charge in [-0.05, 0) is 12.1 Å². The lowest BCUT2D eigenvalue weighted by molar-refractivity contribution is 1.04. The van der Waals surface area contributed by atoms with Gasteiger partial charge < -0.3 is 0 Å². The average molecular weight is 352 g/mol. The van der Waals surface area contributed by atoms with Crippen LogP contribution in [0.3, 0.4) is 0 Å². The smallest absolute Gasteiger partial charge is 0.176 e. The first kappa shape index (κ1) is 15.0. The minimum Gasteiger partial charge on any atom is -0.259 e. The number of anilines is 1. The van der Waals surface area contributed by atoms with Crippen molar-refractivity contribution < 1.29 is 0 Å². The number of hydrogen-bond acceptors (Lipinski definition) is 4. The number of hydrazone groups is 1. The summed E-state index contributed by atoms with van der Waals surface area (Å²) in [5.41, 5.74) is 3.59. The van der Waals surface area contributed by atoms with Crippen LogP contribution in [0.25, 0.3) is 10.8 Å². The lowest BCUT2D eigenvalue weighted by Gasteiger charge is -2.05. The van der Waals surface area contributed by atoms with E-state index in [-0.39, 0.29) is 0 Å². The Kier molecular flexibility index (Phi) is 4.43. The Bertz CT molecular complexity index is 865. The van der Waals surface area contributed by atoms with E-state index >= 15 is 0 Å². The number of nitrogens with one attached hydrogen (secondary N) is 1. The maximum atomic E-state index is 6.08. The van der Waals surface area contributed by atoms with Crippen molar-refractivity contribution in [2.75, 3.05) is 5.43 Å². The summed E-state index contributed by atoms with van der Waals surface area (Å²) in [7, 11) is 0. The summed E-state index contributed by atoms with van der Waals surface area (Å²) in [5, 5.41) is 15.1. The van der Waals surface area contributed by atoms with Crippen LogP contribution in [0.4, 0.5) is 5.82 Å². The second-order valence-corrected chi connectivity index (χ2v) is 5.62. The molecule has 22 heavy (non-hydrogen) atoms. The summed E-state index contributed by atoms with van der Waals surface area (Å²) < 4.78 is 0. The Hall–Kier alpha value is -1.88. The summed E-state index contributed by atoms with van der Waals surface area (Å²) in [6, 6.07) is 12.7. The van der Waals surface area contributed by atoms with Crippen LogP contribution in [-0.4, -0.2) is 16.4 Å². The molecule has 0 saturated carbocycles. The molecule has 1 N–H and O–H groups in total. The monoisotopic (exact) mass is 350 g/mol. The summed E-state index contributed by atoms with van der Waals surface area (Å²) in [4.78, 5) is 0. The maximum absolute atomic E-state index is 6.08. The molecule has 0 bridgehead atoms. The van der Waals surface area contributed by atoms with Crippen molar-refractivity contribution in [3.8, 4) is 0 Å². The van der Waals surface area contributed by atoms with E-state index in [0.717, 1.165) is 16.3 Å². The van der Waals surface area contributed by atoms with Crippen LogP contribution in [0, 0.1) is 0 Å². The molecule has 3 rings (SSSR count). The fraction of sp³-hybridized carbons (Fsp3) is 0. The van der Waals surface area contributed by atoms with E-state index in [4.69, 9.17) is 34.8 Å². The van der Waals surface area contributed by atoms with Crippen LogP contribution >= 0.6 is 34.8 Å². The maximum Gasteiger partial charge on any atom is 0.176 e. The number of aromatic nitrogens is 2. The average Bonchev–Trinajstić information content (AvgIpc) is 2.52. The molecule has 0 fully saturated rings. The molecule has 7 heteroatoms. The molecule has 3 aromatic rings. The topological polar surface area (TPSA) is 50.2 Å². The number of rotatable bonds is 3. The summed E-state index contributed by atoms with van der Waals surface area (Å²) >= 11 is 18.0. The molecule has 0 radical (unpaired) electrons. The first-order chi connectivity index (χ1) is 10.6. The second kappa shape index (κ2) is 6.48. The molecule has 0 spiro atoms. The zero-order valence-corrected chi connectivity index (χ0v) is 13.4. The van der Waals surface area contributed by atoms with Gasteiger partial charge in [0.15, 0.2) is 11.0 Å². The molecule has 0 unspecified atom stereocenters. The second-order valence-electron chi connectivity index (χ2n) is 4.42. The van der Waals surface area contributed by atoms with Crippen molar-refractivity contribution in [2.24, 2.45) is 5.10 Å². The standard InChI is InChI=1S/C15H9Cl3N4/c16-10-6-5-9(13(17)7-10)8-19-21-15-12-4-2-1-3-11(12)14(18)20-22-15/h1-8H,(H,21,22)/b19-8-. The summed E-state index contributed by atoms with van der Waals surface area (Å²) in [6.45, 7) is 0. The van der Waals surface area contributed by atoms with Crippen molar-refractivity contribution in [1.82, 2.24) is 10.2 Å². The van der Waals surface area contributed by atoms with E-state index < -0.39 is 0 Å². The predicted octanol–water partition coefficient (Wildman–Crippen LogP) is 5.04. The zero-order chi connectivity index (χ0) is 15.5. The molecule has 0 aliphatic carbocycles. The first-order valence-electron chi connectivity index (χ1n) is 6.30. The highest BCUT2D eigenvalue weighted by atomic mass is 35.5. The molecule has 110 valence electrons. The summed E-state index contributed by atoms with van der Waals surface area (Å²) in [5.74, 6) is 0.515. The van der Waals surface area contributed by atoms with Crippen molar-refractivity contribution in [3.63, 3.8) is 0 Å². The molecule has 1 heterocycles. The predicted molar refractivity (Wildman–Crippen MR) is 92.2 cm³/mol. The lowest BCUT2D eigenvalue weighted by Crippen LogP contribution is -1.97. The van der Waals surface area contributed by atoms with Gasteiger partial charge in [0, 0.05) is 21.4 Å². The van der Waals surface area contributed by atoms with Crippen molar-refractivity contribution >= 4 is 57.6 Å². The van der Waals surface area contributed by atoms with Crippen molar-refractivity contribution in [1.29, 1.82) is 0 Å². The molecule has 4 nitrogen and oxygen atoms in total. The van der Waals surface area contributed by atoms with E-state index in [1.54, 1.807) is 24.4 Å². The van der Waals surface area contributed by atoms with Gasteiger partial charge in [-0.25, -0.2) is 0 Å². The zero-order valence-electron chi connectivity index (χ0n) is 11.1. The molecular formula is C15H9Cl3N4. The molecule has 2 aromatic carbocycles. The van der Waals surface area contributed by atoms with E-state index in [1.165, 1.54) is 0 Å². The Balaban J connectivity index is 1.88. The van der Waals surface area contributed by atoms with Crippen LogP contribution in [0.1, 0.15) is 5.56 Å². The highest BCUT2D eigenvalue weighted by Crippen LogP contribution is 2.25. The Morgan fingerprint density at radius 2 is 1.73 bits per heavy atom. The minimum atomic E-state index is 0.353. The van der Waals surface area contributed by atoms with E-state index in [1.807, 2.05) is 24.3 Å². The highest BCUT2D eigenvalue weighted by molar-refractivity contribution is 6.36. The van der Waals surface area contributed by atoms with Crippen molar-refractivity contribution in [3.05, 3.63) is 63.2 Å². The van der Waals surface area contributed by atoms with Crippen LogP contribution < -0.4 is 5.43 Å². The Labute approximate surface area is 141 Å². The number of fused-ring (bicyclic) bond motifs is 1. The SMILES string of the molecule is Clc1ccc(/C=N\Nc2nnc(Cl)c3ccccc23)c(Cl)c1. The normalized spacial score (nSPS) is 11.2. The number of hydrogen-bond donors (Lipinski definition) is 1. The van der Waals surface area contributed by atoms with Crippen molar-refractivity contribution in [2.45, 2.75) is 0 Å². The van der Waals surface area contributed by atoms with Gasteiger partial charge in [0.2, 0.25) is 0 Å². The van der Waals surface area contributed by atoms with E-state index in [2.05, 4.69) is 20.7 Å². The van der Waals surface area contributed by atoms with Gasteiger partial charge in [-0.2, -0.15) is 5.10 Å². The van der Waals surface area contributed by atoms with E-state index in [9.17, 15) is 0 Å². The van der Waals surface area contributed by atoms with Gasteiger partial charge in [0.05, 0.1) is 11.2 Å². The molecular weight excluding hydrogens is 343 g/mol. The molecule has 0 saturated heterocycles. The Morgan fingerprint density at radius 1 is 0.955 bits per heavy atom. The number of benzene rings is 2. The highest BCUT2D eigenvalue weighted by Gasteiger charge is 2.06. The molecule has 0 aliphatic rings. The van der Waals surface area contributed by atoms with Crippen LogP contribution in [0.15, 0.2) is 47.6 Å². The number of nitrogens with zero attached hydrogens (tertiary/aromatic N) is 3. The molecule has 0 aliphatic heterocycles. The van der Waals surface area contributed by atoms with Gasteiger partial charge >= 0.3 is 0 Å². The summed E-state index contributed by atoms with van der Waals surface area (Å²) in [6.07, 6.45) is 1.59. The third-order valence-corrected chi connectivity index (χ3v) is 3.82. The minimum absolute atomic E-state index is 0.353. The molecule has 1 aromatic heterocycles. The van der Waals surface area contributed by atoms with Gasteiger partial charge in [0.25, 0.3) is 0 Å². The van der Waals surface area contributed by atoms with Gasteiger partial charge in [-0.1, -0.05) is 65.1 Å². The third-order valence-electron chi connectivity index (χ3n) is 2.98. The molecule has 0 amide bonds. The van der Waals surface area contributed by atoms with Crippen LogP contribution in [0.5, 0.6) is 0 Å². The lowest BCUT2D eigenvalue weighted by atomic mass is 10.2. The van der Waals surface area contributed by atoms with Gasteiger partial charge in [-0.15, -0.1) is 10.2 Å². The van der Waals surface area contributed by atoms with E-state index in [0.29, 0.717) is 21.0 Å². The van der Waals surface area contributed by atoms with Gasteiger partial charge in [-0.3, -0.25) is 5.43 Å². The third kappa shape index (κ3) is 3.14. The Morgan fingerprint density at radius 3 is 2.50 bits per heavy atom. The van der Waals surface area contributed by atoms with Crippen LogP contribution in [-0.2, 0) is 0 Å². The largest absolute Gasteiger partial charge is 0.259 e. The van der Waals surface area contributed by atoms with Gasteiger partial charge in [0.1, 0.15) is 0 Å². The fourth-order valence-electron chi connectivity index (χ4n) is 1.92. The fourth-order valence-corrected chi connectivity index (χ4v) is 2.58.